The Balaban J connectivity index is 2.42. The van der Waals surface area contributed by atoms with Crippen LogP contribution in [0.5, 0.6) is 0 Å². The molecule has 0 radical (unpaired) electrons. The quantitative estimate of drug-likeness (QED) is 0.778. The van der Waals surface area contributed by atoms with Gasteiger partial charge in [0.15, 0.2) is 0 Å². The molecule has 0 aromatic heterocycles. The molecule has 2 rings (SSSR count). The van der Waals surface area contributed by atoms with Gasteiger partial charge >= 0.3 is 0 Å². The Labute approximate surface area is 131 Å². The minimum atomic E-state index is 0.346. The lowest BCUT2D eigenvalue weighted by Crippen LogP contribution is -2.12. The molecule has 98 valence electrons. The number of nitrogens with two attached hydrogens (primary N) is 1. The summed E-state index contributed by atoms with van der Waals surface area (Å²) in [5, 5.41) is 3.92. The van der Waals surface area contributed by atoms with E-state index in [0.717, 1.165) is 27.0 Å². The summed E-state index contributed by atoms with van der Waals surface area (Å²) in [5.41, 5.74) is 9.27. The van der Waals surface area contributed by atoms with E-state index in [4.69, 9.17) is 29.6 Å². The summed E-state index contributed by atoms with van der Waals surface area (Å²) in [6, 6.07) is 11.5. The van der Waals surface area contributed by atoms with Crippen LogP contribution in [0.3, 0.4) is 0 Å². The van der Waals surface area contributed by atoms with Gasteiger partial charge < -0.3 is 11.1 Å². The van der Waals surface area contributed by atoms with Gasteiger partial charge in [-0.2, -0.15) is 0 Å². The fraction of sp³-hybridized carbons (Fsp3) is 0.0714. The molecule has 0 saturated carbocycles. The zero-order valence-corrected chi connectivity index (χ0v) is 13.4. The number of anilines is 2. The van der Waals surface area contributed by atoms with Crippen molar-refractivity contribution in [3.05, 3.63) is 57.0 Å². The highest BCUT2D eigenvalue weighted by Gasteiger charge is 2.08. The van der Waals surface area contributed by atoms with Gasteiger partial charge in [-0.3, -0.25) is 0 Å². The lowest BCUT2D eigenvalue weighted by Gasteiger charge is -2.13. The fourth-order valence-corrected chi connectivity index (χ4v) is 2.52. The second-order valence-electron chi connectivity index (χ2n) is 4.16. The molecule has 0 aliphatic rings. The third-order valence-corrected chi connectivity index (χ3v) is 3.67. The van der Waals surface area contributed by atoms with E-state index in [1.165, 1.54) is 0 Å². The molecule has 2 aromatic rings. The average Bonchev–Trinajstić information content (AvgIpc) is 2.32. The van der Waals surface area contributed by atoms with Gasteiger partial charge in [-0.05, 0) is 42.8 Å². The minimum Gasteiger partial charge on any atom is -0.389 e. The van der Waals surface area contributed by atoms with Crippen LogP contribution in [0.25, 0.3) is 0 Å². The van der Waals surface area contributed by atoms with Gasteiger partial charge in [0.1, 0.15) is 4.99 Å². The molecule has 0 bridgehead atoms. The first-order valence-electron chi connectivity index (χ1n) is 5.60. The van der Waals surface area contributed by atoms with E-state index in [-0.39, 0.29) is 0 Å². The van der Waals surface area contributed by atoms with E-state index >= 15 is 0 Å². The Morgan fingerprint density at radius 1 is 1.21 bits per heavy atom. The first-order valence-corrected chi connectivity index (χ1v) is 7.18. The van der Waals surface area contributed by atoms with E-state index in [1.54, 1.807) is 0 Å². The topological polar surface area (TPSA) is 38.0 Å². The van der Waals surface area contributed by atoms with Crippen molar-refractivity contribution in [2.75, 3.05) is 5.32 Å². The SMILES string of the molecule is Cc1ccc(Nc2cc(Br)ccc2C(N)=S)c(Cl)c1. The molecule has 3 N–H and O–H groups in total. The number of nitrogens with one attached hydrogen (secondary N) is 1. The zero-order chi connectivity index (χ0) is 14.0. The van der Waals surface area contributed by atoms with Crippen LogP contribution in [0.1, 0.15) is 11.1 Å². The number of hydrogen-bond donors (Lipinski definition) is 2. The largest absolute Gasteiger partial charge is 0.389 e. The summed E-state index contributed by atoms with van der Waals surface area (Å²) < 4.78 is 0.943. The third-order valence-electron chi connectivity index (χ3n) is 2.64. The van der Waals surface area contributed by atoms with Crippen molar-refractivity contribution in [2.24, 2.45) is 5.73 Å². The number of aryl methyl sites for hydroxylation is 1. The number of benzene rings is 2. The molecule has 0 saturated heterocycles. The van der Waals surface area contributed by atoms with Crippen molar-refractivity contribution in [3.8, 4) is 0 Å². The molecule has 0 spiro atoms. The molecule has 2 nitrogen and oxygen atoms in total. The van der Waals surface area contributed by atoms with Crippen LogP contribution >= 0.6 is 39.7 Å². The highest BCUT2D eigenvalue weighted by atomic mass is 79.9. The predicted octanol–water partition coefficient (Wildman–Crippen LogP) is 4.79. The first kappa shape index (κ1) is 14.3. The molecule has 0 heterocycles. The molecule has 0 unspecified atom stereocenters. The molecular weight excluding hydrogens is 344 g/mol. The van der Waals surface area contributed by atoms with Crippen LogP contribution < -0.4 is 11.1 Å². The molecule has 0 aliphatic heterocycles. The lowest BCUT2D eigenvalue weighted by atomic mass is 10.1. The van der Waals surface area contributed by atoms with Crippen molar-refractivity contribution in [2.45, 2.75) is 6.92 Å². The van der Waals surface area contributed by atoms with Gasteiger partial charge in [-0.25, -0.2) is 0 Å². The Hall–Kier alpha value is -1.10. The molecule has 0 fully saturated rings. The van der Waals surface area contributed by atoms with Crippen LogP contribution in [0.15, 0.2) is 40.9 Å². The zero-order valence-electron chi connectivity index (χ0n) is 10.2. The maximum absolute atomic E-state index is 6.21. The Morgan fingerprint density at radius 2 is 1.95 bits per heavy atom. The molecule has 0 aliphatic carbocycles. The first-order chi connectivity index (χ1) is 8.97. The Bertz CT molecular complexity index is 643. The van der Waals surface area contributed by atoms with Crippen LogP contribution in [0, 0.1) is 6.92 Å². The molecule has 0 amide bonds. The molecule has 19 heavy (non-hydrogen) atoms. The highest BCUT2D eigenvalue weighted by Crippen LogP contribution is 2.29. The maximum atomic E-state index is 6.21. The summed E-state index contributed by atoms with van der Waals surface area (Å²) in [7, 11) is 0. The number of rotatable bonds is 3. The predicted molar refractivity (Wildman–Crippen MR) is 89.5 cm³/mol. The summed E-state index contributed by atoms with van der Waals surface area (Å²) in [6.45, 7) is 2.00. The van der Waals surface area contributed by atoms with Gasteiger partial charge in [0.25, 0.3) is 0 Å². The van der Waals surface area contributed by atoms with Crippen molar-refractivity contribution in [1.82, 2.24) is 0 Å². The van der Waals surface area contributed by atoms with Crippen LogP contribution in [0.4, 0.5) is 11.4 Å². The number of halogens is 2. The van der Waals surface area contributed by atoms with Crippen molar-refractivity contribution in [3.63, 3.8) is 0 Å². The summed E-state index contributed by atoms with van der Waals surface area (Å²) >= 11 is 14.7. The number of hydrogen-bond acceptors (Lipinski definition) is 2. The van der Waals surface area contributed by atoms with Crippen LogP contribution in [0.2, 0.25) is 5.02 Å². The summed E-state index contributed by atoms with van der Waals surface area (Å²) in [6.07, 6.45) is 0. The molecule has 5 heteroatoms. The van der Waals surface area contributed by atoms with Crippen molar-refractivity contribution in [1.29, 1.82) is 0 Å². The van der Waals surface area contributed by atoms with Crippen LogP contribution in [-0.2, 0) is 0 Å². The van der Waals surface area contributed by atoms with Crippen molar-refractivity contribution < 1.29 is 0 Å². The summed E-state index contributed by atoms with van der Waals surface area (Å²) in [4.78, 5) is 0.346. The van der Waals surface area contributed by atoms with Crippen molar-refractivity contribution >= 4 is 56.1 Å². The highest BCUT2D eigenvalue weighted by molar-refractivity contribution is 9.10. The van der Waals surface area contributed by atoms with E-state index in [1.807, 2.05) is 43.3 Å². The van der Waals surface area contributed by atoms with E-state index in [0.29, 0.717) is 10.0 Å². The van der Waals surface area contributed by atoms with Gasteiger partial charge in [0.05, 0.1) is 10.7 Å². The maximum Gasteiger partial charge on any atom is 0.106 e. The second kappa shape index (κ2) is 5.90. The normalized spacial score (nSPS) is 10.3. The van der Waals surface area contributed by atoms with E-state index in [9.17, 15) is 0 Å². The standard InChI is InChI=1S/C14H12BrClN2S/c1-8-2-5-12(11(16)6-8)18-13-7-9(15)3-4-10(13)14(17)19/h2-7,18H,1H3,(H2,17,19). The van der Waals surface area contributed by atoms with E-state index in [2.05, 4.69) is 21.2 Å². The molecule has 0 atom stereocenters. The monoisotopic (exact) mass is 354 g/mol. The number of thiocarbonyl (C=S) groups is 1. The second-order valence-corrected chi connectivity index (χ2v) is 5.93. The van der Waals surface area contributed by atoms with Crippen LogP contribution in [-0.4, -0.2) is 4.99 Å². The summed E-state index contributed by atoms with van der Waals surface area (Å²) in [5.74, 6) is 0. The van der Waals surface area contributed by atoms with Gasteiger partial charge in [0.2, 0.25) is 0 Å². The smallest absolute Gasteiger partial charge is 0.106 e. The third kappa shape index (κ3) is 3.47. The molecule has 2 aromatic carbocycles. The average molecular weight is 356 g/mol. The van der Waals surface area contributed by atoms with Gasteiger partial charge in [-0.1, -0.05) is 45.8 Å². The van der Waals surface area contributed by atoms with Gasteiger partial charge in [-0.15, -0.1) is 0 Å². The Kier molecular flexibility index (Phi) is 4.45. The van der Waals surface area contributed by atoms with E-state index < -0.39 is 0 Å². The molecular formula is C14H12BrClN2S. The fourth-order valence-electron chi connectivity index (χ4n) is 1.70. The van der Waals surface area contributed by atoms with Gasteiger partial charge in [0, 0.05) is 15.7 Å². The Morgan fingerprint density at radius 3 is 2.58 bits per heavy atom. The lowest BCUT2D eigenvalue weighted by molar-refractivity contribution is 1.44. The minimum absolute atomic E-state index is 0.346.